The van der Waals surface area contributed by atoms with Crippen molar-refractivity contribution in [2.24, 2.45) is 28.6 Å². The largest absolute Gasteiger partial charge is 0.461 e. The molecule has 9 atom stereocenters. The fraction of sp³-hybridized carbons (Fsp3) is 0.467. The Labute approximate surface area is 335 Å². The van der Waals surface area contributed by atoms with Crippen LogP contribution >= 0.6 is 0 Å². The predicted octanol–water partition coefficient (Wildman–Crippen LogP) is 6.35. The van der Waals surface area contributed by atoms with Crippen LogP contribution in [0.1, 0.15) is 69.5 Å². The van der Waals surface area contributed by atoms with E-state index >= 15 is 8.78 Å². The van der Waals surface area contributed by atoms with E-state index in [0.29, 0.717) is 24.1 Å². The molecule has 4 aliphatic rings. The molecule has 4 aliphatic carbocycles. The normalized spacial score (nSPS) is 30.4. The van der Waals surface area contributed by atoms with Crippen LogP contribution in [0.15, 0.2) is 84.7 Å². The van der Waals surface area contributed by atoms with Crippen molar-refractivity contribution >= 4 is 45.9 Å². The number of hydrogen-bond acceptors (Lipinski definition) is 10. The molecule has 1 aromatic heterocycles. The third-order valence-corrected chi connectivity index (χ3v) is 13.3. The van der Waals surface area contributed by atoms with E-state index in [-0.39, 0.29) is 49.6 Å². The van der Waals surface area contributed by atoms with Gasteiger partial charge in [0.1, 0.15) is 25.4 Å². The van der Waals surface area contributed by atoms with Gasteiger partial charge < -0.3 is 19.9 Å². The van der Waals surface area contributed by atoms with Crippen LogP contribution < -0.4 is 5.32 Å². The molecule has 1 heterocycles. The number of aromatic nitrogens is 1. The number of ether oxygens (including phenoxy) is 2. The number of fused-ring (bicyclic) bond motifs is 6. The average molecular weight is 798 g/mol. The number of alkyl halides is 2. The second-order valence-electron chi connectivity index (χ2n) is 16.9. The Balaban J connectivity index is 0.875. The number of rotatable bonds is 12. The maximum atomic E-state index is 17.3. The van der Waals surface area contributed by atoms with Crippen molar-refractivity contribution in [3.63, 3.8) is 0 Å². The third-order valence-electron chi connectivity index (χ3n) is 13.3. The average Bonchev–Trinajstić information content (AvgIpc) is 3.53. The SMILES string of the molecule is CN(C)C(C(=O)Nc1ccc2cnccc2c1)c1ccc(COC(=O)CCC(=O)OCC(=O)[C@H]2CC[C@H]3[C@@H]4C[C@H](F)C5=CC(=O)C=C[C@]5(C)[C@@]4(F)[C@@H](O)C[C@]23C)cc1. The van der Waals surface area contributed by atoms with Gasteiger partial charge in [0.05, 0.1) is 18.9 Å². The first kappa shape index (κ1) is 41.0. The minimum absolute atomic E-state index is 0.0404. The summed E-state index contributed by atoms with van der Waals surface area (Å²) in [5, 5.41) is 16.3. The first-order chi connectivity index (χ1) is 27.5. The van der Waals surface area contributed by atoms with Gasteiger partial charge in [-0.15, -0.1) is 0 Å². The number of nitrogens with zero attached hydrogens (tertiary/aromatic N) is 2. The summed E-state index contributed by atoms with van der Waals surface area (Å²) in [6, 6.07) is 14.0. The maximum absolute atomic E-state index is 17.3. The van der Waals surface area contributed by atoms with E-state index in [4.69, 9.17) is 9.47 Å². The third kappa shape index (κ3) is 7.38. The Bertz CT molecular complexity index is 2190. The van der Waals surface area contributed by atoms with Crippen LogP contribution in [0.25, 0.3) is 10.8 Å². The lowest BCUT2D eigenvalue weighted by Crippen LogP contribution is -2.68. The Hall–Kier alpha value is -5.14. The molecule has 1 amide bonds. The summed E-state index contributed by atoms with van der Waals surface area (Å²) in [6.45, 7) is 2.77. The molecule has 0 bridgehead atoms. The number of pyridine rings is 1. The number of benzene rings is 2. The molecular formula is C45H49F2N3O8. The van der Waals surface area contributed by atoms with E-state index < -0.39 is 76.9 Å². The number of amides is 1. The fourth-order valence-corrected chi connectivity index (χ4v) is 10.3. The van der Waals surface area contributed by atoms with Crippen LogP contribution in [0.4, 0.5) is 14.5 Å². The molecule has 1 unspecified atom stereocenters. The number of aliphatic hydroxyl groups excluding tert-OH is 1. The summed E-state index contributed by atoms with van der Waals surface area (Å²) in [4.78, 5) is 70.0. The number of ketones is 2. The first-order valence-electron chi connectivity index (χ1n) is 19.8. The molecule has 0 saturated heterocycles. The second-order valence-corrected chi connectivity index (χ2v) is 16.9. The van der Waals surface area contributed by atoms with E-state index in [1.165, 1.54) is 19.1 Å². The molecule has 7 rings (SSSR count). The van der Waals surface area contributed by atoms with Crippen LogP contribution in [0.3, 0.4) is 0 Å². The van der Waals surface area contributed by atoms with Gasteiger partial charge in [0, 0.05) is 40.7 Å². The number of halogens is 2. The first-order valence-corrected chi connectivity index (χ1v) is 19.8. The molecule has 306 valence electrons. The molecule has 13 heteroatoms. The summed E-state index contributed by atoms with van der Waals surface area (Å²) in [5.41, 5.74) is -2.46. The minimum Gasteiger partial charge on any atom is -0.461 e. The van der Waals surface area contributed by atoms with Crippen molar-refractivity contribution in [1.29, 1.82) is 0 Å². The number of aliphatic hydroxyl groups is 1. The topological polar surface area (TPSA) is 152 Å². The van der Waals surface area contributed by atoms with Crippen LogP contribution in [-0.2, 0) is 40.1 Å². The van der Waals surface area contributed by atoms with Gasteiger partial charge in [-0.1, -0.05) is 43.3 Å². The fourth-order valence-electron chi connectivity index (χ4n) is 10.3. The Morgan fingerprint density at radius 3 is 2.43 bits per heavy atom. The number of allylic oxidation sites excluding steroid dienone is 4. The number of nitrogens with one attached hydrogen (secondary N) is 1. The highest BCUT2D eigenvalue weighted by molar-refractivity contribution is 6.01. The predicted molar refractivity (Wildman–Crippen MR) is 210 cm³/mol. The standard InChI is InChI=1S/C45H49F2N3O8/c1-43-22-38(53)45(47)34(21-36(46)35-20-31(51)15-17-44(35,45)2)32(43)11-12-33(43)37(52)25-58-40(55)14-13-39(54)57-24-26-5-7-27(8-6-26)41(50(3)4)42(56)49-30-10-9-29-23-48-18-16-28(29)19-30/h5-10,15-20,23,32-34,36,38,41,53H,11-14,21-22,24-25H2,1-4H3,(H,49,56)/t32-,33+,34-,36-,38-,41?,43-,44-,45-/m0/s1. The molecule has 58 heavy (non-hydrogen) atoms. The monoisotopic (exact) mass is 797 g/mol. The maximum Gasteiger partial charge on any atom is 0.306 e. The number of carbonyl (C=O) groups is 5. The highest BCUT2D eigenvalue weighted by Gasteiger charge is 2.72. The molecule has 2 N–H and O–H groups in total. The van der Waals surface area contributed by atoms with Crippen LogP contribution in [-0.4, -0.2) is 83.0 Å². The van der Waals surface area contributed by atoms with Crippen molar-refractivity contribution in [1.82, 2.24) is 9.88 Å². The van der Waals surface area contributed by atoms with Gasteiger partial charge in [-0.3, -0.25) is 33.9 Å². The summed E-state index contributed by atoms with van der Waals surface area (Å²) in [6.07, 6.45) is 4.14. The lowest BCUT2D eigenvalue weighted by Gasteiger charge is -2.62. The molecule has 3 aromatic rings. The summed E-state index contributed by atoms with van der Waals surface area (Å²) >= 11 is 0. The zero-order valence-corrected chi connectivity index (χ0v) is 33.1. The Kier molecular flexibility index (Phi) is 11.2. The molecule has 2 aromatic carbocycles. The molecule has 0 spiro atoms. The van der Waals surface area contributed by atoms with E-state index in [9.17, 15) is 29.1 Å². The highest BCUT2D eigenvalue weighted by Crippen LogP contribution is 2.69. The van der Waals surface area contributed by atoms with Gasteiger partial charge in [0.25, 0.3) is 0 Å². The summed E-state index contributed by atoms with van der Waals surface area (Å²) in [5.74, 6) is -4.33. The number of hydrogen-bond donors (Lipinski definition) is 2. The number of esters is 2. The lowest BCUT2D eigenvalue weighted by molar-refractivity contribution is -0.202. The molecule has 3 fully saturated rings. The van der Waals surface area contributed by atoms with Crippen molar-refractivity contribution in [2.45, 2.75) is 83.0 Å². The smallest absolute Gasteiger partial charge is 0.306 e. The molecule has 3 saturated carbocycles. The number of Topliss-reactive ketones (excluding diaryl/α,β-unsaturated/α-hetero) is 1. The Morgan fingerprint density at radius 1 is 0.983 bits per heavy atom. The van der Waals surface area contributed by atoms with Gasteiger partial charge in [0.15, 0.2) is 17.2 Å². The van der Waals surface area contributed by atoms with Gasteiger partial charge in [-0.2, -0.15) is 0 Å². The number of carbonyl (C=O) groups excluding carboxylic acids is 5. The van der Waals surface area contributed by atoms with Gasteiger partial charge in [-0.25, -0.2) is 8.78 Å². The van der Waals surface area contributed by atoms with Gasteiger partial charge >= 0.3 is 11.9 Å². The van der Waals surface area contributed by atoms with Gasteiger partial charge in [0.2, 0.25) is 5.91 Å². The zero-order valence-electron chi connectivity index (χ0n) is 33.1. The lowest BCUT2D eigenvalue weighted by atomic mass is 9.45. The van der Waals surface area contributed by atoms with Crippen LogP contribution in [0.5, 0.6) is 0 Å². The number of anilines is 1. The molecule has 0 radical (unpaired) electrons. The van der Waals surface area contributed by atoms with Crippen LogP contribution in [0.2, 0.25) is 0 Å². The van der Waals surface area contributed by atoms with E-state index in [2.05, 4.69) is 10.3 Å². The number of likely N-dealkylation sites (N-methyl/N-ethyl adjacent to an activating group) is 1. The van der Waals surface area contributed by atoms with E-state index in [1.54, 1.807) is 41.6 Å². The van der Waals surface area contributed by atoms with Crippen molar-refractivity contribution in [3.05, 3.63) is 95.9 Å². The van der Waals surface area contributed by atoms with Crippen molar-refractivity contribution in [2.75, 3.05) is 26.0 Å². The molecule has 11 nitrogen and oxygen atoms in total. The summed E-state index contributed by atoms with van der Waals surface area (Å²) < 4.78 is 43.5. The van der Waals surface area contributed by atoms with Gasteiger partial charge in [-0.05, 0) is 110 Å². The second kappa shape index (κ2) is 15.9. The summed E-state index contributed by atoms with van der Waals surface area (Å²) in [7, 11) is 3.62. The van der Waals surface area contributed by atoms with Crippen molar-refractivity contribution in [3.8, 4) is 0 Å². The molecular weight excluding hydrogens is 749 g/mol. The molecule has 0 aliphatic heterocycles. The minimum atomic E-state index is -2.23. The Morgan fingerprint density at radius 2 is 1.71 bits per heavy atom. The quantitative estimate of drug-likeness (QED) is 0.199. The highest BCUT2D eigenvalue weighted by atomic mass is 19.1. The van der Waals surface area contributed by atoms with E-state index in [0.717, 1.165) is 22.4 Å². The van der Waals surface area contributed by atoms with Crippen LogP contribution in [0, 0.1) is 28.6 Å². The van der Waals surface area contributed by atoms with E-state index in [1.807, 2.05) is 45.3 Å². The van der Waals surface area contributed by atoms with Crippen molar-refractivity contribution < 1.29 is 47.3 Å². The zero-order chi connectivity index (χ0) is 41.6.